The Morgan fingerprint density at radius 3 is 2.52 bits per heavy atom. The first-order chi connectivity index (χ1) is 20.1. The molecule has 2 N–H and O–H groups in total. The molecule has 4 atom stereocenters. The van der Waals surface area contributed by atoms with Crippen LogP contribution in [0, 0.1) is 17.2 Å². The predicted molar refractivity (Wildman–Crippen MR) is 156 cm³/mol. The molecule has 3 aliphatic rings. The van der Waals surface area contributed by atoms with E-state index in [4.69, 9.17) is 0 Å². The number of H-pyrrole nitrogens is 1. The van der Waals surface area contributed by atoms with Gasteiger partial charge >= 0.3 is 0 Å². The number of carbonyl (C=O) groups is 3. The molecule has 0 aromatic carbocycles. The van der Waals surface area contributed by atoms with Gasteiger partial charge in [-0.1, -0.05) is 5.21 Å². The van der Waals surface area contributed by atoms with Crippen LogP contribution in [0.5, 0.6) is 0 Å². The number of piperidine rings is 1. The van der Waals surface area contributed by atoms with Gasteiger partial charge in [0.05, 0.1) is 27.8 Å². The third-order valence-electron chi connectivity index (χ3n) is 8.54. The van der Waals surface area contributed by atoms with Crippen molar-refractivity contribution in [3.8, 4) is 6.07 Å². The highest BCUT2D eigenvalue weighted by atomic mass is 32.1. The van der Waals surface area contributed by atoms with E-state index in [1.54, 1.807) is 42.9 Å². The van der Waals surface area contributed by atoms with E-state index in [0.29, 0.717) is 47.3 Å². The molecule has 1 saturated carbocycles. The second-order valence-electron chi connectivity index (χ2n) is 11.6. The van der Waals surface area contributed by atoms with Crippen LogP contribution in [-0.2, 0) is 23.1 Å². The molecule has 12 nitrogen and oxygen atoms in total. The molecule has 2 aliphatic carbocycles. The van der Waals surface area contributed by atoms with E-state index >= 15 is 0 Å². The van der Waals surface area contributed by atoms with Crippen LogP contribution in [0.1, 0.15) is 65.3 Å². The largest absolute Gasteiger partial charge is 0.344 e. The van der Waals surface area contributed by atoms with Crippen LogP contribution < -0.4 is 5.32 Å². The van der Waals surface area contributed by atoms with E-state index in [2.05, 4.69) is 32.0 Å². The minimum atomic E-state index is -0.897. The molecule has 1 aliphatic heterocycles. The normalized spacial score (nSPS) is 23.8. The molecule has 2 fully saturated rings. The summed E-state index contributed by atoms with van der Waals surface area (Å²) < 4.78 is 0. The van der Waals surface area contributed by atoms with Gasteiger partial charge in [-0.2, -0.15) is 10.5 Å². The van der Waals surface area contributed by atoms with Gasteiger partial charge in [-0.05, 0) is 67.8 Å². The highest BCUT2D eigenvalue weighted by Gasteiger charge is 2.54. The Balaban J connectivity index is 1.38. The molecule has 0 radical (unpaired) electrons. The SMILES string of the molecule is CN(C)C(=O)c1cc2c(s1)CCc1cc(C(=O)N(C)C)sc1C2(CCNCC(=O)N1C(C#N)C[C@@H]2C[C@@H]21)c1nn[nH]n1. The van der Waals surface area contributed by atoms with E-state index in [0.717, 1.165) is 33.7 Å². The molecule has 3 aromatic heterocycles. The minimum Gasteiger partial charge on any atom is -0.344 e. The summed E-state index contributed by atoms with van der Waals surface area (Å²) in [6.07, 6.45) is 3.62. The number of aryl methyl sites for hydroxylation is 2. The van der Waals surface area contributed by atoms with Crippen LogP contribution >= 0.6 is 22.7 Å². The van der Waals surface area contributed by atoms with Crippen molar-refractivity contribution in [3.63, 3.8) is 0 Å². The van der Waals surface area contributed by atoms with Crippen LogP contribution in [0.2, 0.25) is 0 Å². The van der Waals surface area contributed by atoms with Crippen molar-refractivity contribution in [1.29, 1.82) is 5.26 Å². The molecule has 6 rings (SSSR count). The molecule has 3 amide bonds. The first kappa shape index (κ1) is 28.4. The quantitative estimate of drug-likeness (QED) is 0.367. The summed E-state index contributed by atoms with van der Waals surface area (Å²) in [4.78, 5) is 47.4. The van der Waals surface area contributed by atoms with E-state index in [-0.39, 0.29) is 36.3 Å². The number of hydrogen-bond donors (Lipinski definition) is 2. The Hall–Kier alpha value is -3.67. The summed E-state index contributed by atoms with van der Waals surface area (Å²) in [7, 11) is 6.94. The average molecular weight is 608 g/mol. The van der Waals surface area contributed by atoms with E-state index < -0.39 is 5.41 Å². The van der Waals surface area contributed by atoms with Gasteiger partial charge in [-0.15, -0.1) is 32.9 Å². The molecule has 42 heavy (non-hydrogen) atoms. The third-order valence-corrected chi connectivity index (χ3v) is 11.1. The van der Waals surface area contributed by atoms with Crippen molar-refractivity contribution in [2.45, 2.75) is 49.6 Å². The Labute approximate surface area is 251 Å². The maximum absolute atomic E-state index is 13.1. The number of aromatic nitrogens is 4. The van der Waals surface area contributed by atoms with Crippen LogP contribution in [0.4, 0.5) is 0 Å². The van der Waals surface area contributed by atoms with Crippen LogP contribution in [0.15, 0.2) is 12.1 Å². The Morgan fingerprint density at radius 2 is 1.86 bits per heavy atom. The number of fused-ring (bicyclic) bond motifs is 3. The van der Waals surface area contributed by atoms with Gasteiger partial charge in [0.1, 0.15) is 6.04 Å². The lowest BCUT2D eigenvalue weighted by Crippen LogP contribution is -2.44. The smallest absolute Gasteiger partial charge is 0.263 e. The van der Waals surface area contributed by atoms with Gasteiger partial charge in [0, 0.05) is 44.0 Å². The highest BCUT2D eigenvalue weighted by molar-refractivity contribution is 7.15. The second-order valence-corrected chi connectivity index (χ2v) is 13.8. The fraction of sp³-hybridized carbons (Fsp3) is 0.536. The number of carbonyl (C=O) groups excluding carboxylic acids is 3. The lowest BCUT2D eigenvalue weighted by molar-refractivity contribution is -0.131. The van der Waals surface area contributed by atoms with Crippen molar-refractivity contribution in [2.24, 2.45) is 5.92 Å². The molecular formula is C28H33N9O3S2. The molecule has 14 heteroatoms. The van der Waals surface area contributed by atoms with Crippen LogP contribution in [-0.4, -0.2) is 106 Å². The number of likely N-dealkylation sites (tertiary alicyclic amines) is 1. The summed E-state index contributed by atoms with van der Waals surface area (Å²) >= 11 is 2.91. The number of tetrazole rings is 1. The number of nitriles is 1. The number of hydrogen-bond acceptors (Lipinski definition) is 10. The van der Waals surface area contributed by atoms with Crippen LogP contribution in [0.3, 0.4) is 0 Å². The summed E-state index contributed by atoms with van der Waals surface area (Å²) in [6.45, 7) is 0.548. The molecule has 2 unspecified atom stereocenters. The summed E-state index contributed by atoms with van der Waals surface area (Å²) in [5.74, 6) is 0.691. The van der Waals surface area contributed by atoms with Gasteiger partial charge in [-0.25, -0.2) is 0 Å². The number of thiophene rings is 2. The van der Waals surface area contributed by atoms with Crippen LogP contribution in [0.25, 0.3) is 0 Å². The lowest BCUT2D eigenvalue weighted by Gasteiger charge is -2.31. The average Bonchev–Trinajstić information content (AvgIpc) is 3.47. The second kappa shape index (κ2) is 10.9. The fourth-order valence-electron chi connectivity index (χ4n) is 6.39. The first-order valence-corrected chi connectivity index (χ1v) is 15.6. The maximum atomic E-state index is 13.1. The van der Waals surface area contributed by atoms with E-state index in [1.165, 1.54) is 22.7 Å². The summed E-state index contributed by atoms with van der Waals surface area (Å²) in [5, 5.41) is 28.3. The zero-order chi connectivity index (χ0) is 29.8. The standard InChI is InChI=1S/C28H33N9O3S2/c1-35(2)25(39)21-11-15-5-6-20-18(12-22(41-20)26(40)36(3)4)28(24(15)42-21,27-31-33-34-32-27)7-8-30-14-23(38)37-17(13-29)9-16-10-19(16)37/h11-12,16-17,19,30H,5-10,14H2,1-4H3,(H,31,32,33,34)/t16-,17?,19+,28?/m1/s1. The van der Waals surface area contributed by atoms with Crippen molar-refractivity contribution < 1.29 is 14.4 Å². The number of aromatic amines is 1. The summed E-state index contributed by atoms with van der Waals surface area (Å²) in [6, 6.07) is 6.04. The van der Waals surface area contributed by atoms with Crippen molar-refractivity contribution in [2.75, 3.05) is 41.3 Å². The zero-order valence-corrected chi connectivity index (χ0v) is 25.6. The van der Waals surface area contributed by atoms with Gasteiger partial charge in [0.2, 0.25) is 5.91 Å². The van der Waals surface area contributed by atoms with Crippen molar-refractivity contribution >= 4 is 40.4 Å². The number of rotatable bonds is 8. The first-order valence-electron chi connectivity index (χ1n) is 14.0. The van der Waals surface area contributed by atoms with Crippen molar-refractivity contribution in [1.82, 2.24) is 40.6 Å². The van der Waals surface area contributed by atoms with Gasteiger partial charge < -0.3 is 20.0 Å². The Kier molecular flexibility index (Phi) is 7.36. The molecular weight excluding hydrogens is 575 g/mol. The number of nitrogens with one attached hydrogen (secondary N) is 2. The lowest BCUT2D eigenvalue weighted by atomic mass is 9.75. The van der Waals surface area contributed by atoms with E-state index in [1.807, 2.05) is 12.1 Å². The number of amides is 3. The van der Waals surface area contributed by atoms with Gasteiger partial charge in [0.15, 0.2) is 5.82 Å². The molecule has 0 bridgehead atoms. The van der Waals surface area contributed by atoms with Gasteiger partial charge in [-0.3, -0.25) is 14.4 Å². The molecule has 220 valence electrons. The monoisotopic (exact) mass is 607 g/mol. The molecule has 1 saturated heterocycles. The fourth-order valence-corrected chi connectivity index (χ4v) is 9.11. The Bertz CT molecular complexity index is 1500. The predicted octanol–water partition coefficient (Wildman–Crippen LogP) is 1.65. The third kappa shape index (κ3) is 4.69. The van der Waals surface area contributed by atoms with Gasteiger partial charge in [0.25, 0.3) is 11.8 Å². The van der Waals surface area contributed by atoms with Crippen molar-refractivity contribution in [3.05, 3.63) is 48.6 Å². The topological polar surface area (TPSA) is 151 Å². The zero-order valence-electron chi connectivity index (χ0n) is 24.0. The summed E-state index contributed by atoms with van der Waals surface area (Å²) in [5.41, 5.74) is 1.08. The minimum absolute atomic E-state index is 0.0632. The highest BCUT2D eigenvalue weighted by Crippen LogP contribution is 2.51. The number of nitrogens with zero attached hydrogens (tertiary/aromatic N) is 7. The molecule has 3 aromatic rings. The van der Waals surface area contributed by atoms with E-state index in [9.17, 15) is 19.6 Å². The molecule has 0 spiro atoms. The molecule has 4 heterocycles. The Morgan fingerprint density at radius 1 is 1.12 bits per heavy atom. The maximum Gasteiger partial charge on any atom is 0.263 e.